The number of hydrogen-bond donors (Lipinski definition) is 1. The lowest BCUT2D eigenvalue weighted by Crippen LogP contribution is -2.14. The number of halogens is 1. The van der Waals surface area contributed by atoms with Gasteiger partial charge in [-0.05, 0) is 55.3 Å². The summed E-state index contributed by atoms with van der Waals surface area (Å²) in [5.74, 6) is 0.512. The van der Waals surface area contributed by atoms with E-state index in [1.807, 2.05) is 0 Å². The summed E-state index contributed by atoms with van der Waals surface area (Å²) >= 11 is 5.84. The molecule has 0 atom stereocenters. The van der Waals surface area contributed by atoms with Gasteiger partial charge in [0.1, 0.15) is 11.5 Å². The largest absolute Gasteiger partial charge is 0.457 e. The minimum absolute atomic E-state index is 0.0177. The Morgan fingerprint density at radius 2 is 1.66 bits per heavy atom. The maximum absolute atomic E-state index is 12.8. The van der Waals surface area contributed by atoms with Gasteiger partial charge in [0.15, 0.2) is 0 Å². The van der Waals surface area contributed by atoms with E-state index in [9.17, 15) is 18.5 Å². The van der Waals surface area contributed by atoms with E-state index in [1.165, 1.54) is 12.1 Å². The molecule has 0 amide bonds. The van der Waals surface area contributed by atoms with Crippen molar-refractivity contribution in [3.63, 3.8) is 0 Å². The highest BCUT2D eigenvalue weighted by molar-refractivity contribution is 7.92. The van der Waals surface area contributed by atoms with Crippen LogP contribution in [0.4, 0.5) is 11.4 Å². The third-order valence-corrected chi connectivity index (χ3v) is 5.81. The molecule has 0 saturated heterocycles. The van der Waals surface area contributed by atoms with Gasteiger partial charge in [-0.3, -0.25) is 14.8 Å². The van der Waals surface area contributed by atoms with Crippen molar-refractivity contribution in [2.75, 3.05) is 4.72 Å². The van der Waals surface area contributed by atoms with Gasteiger partial charge in [-0.25, -0.2) is 8.42 Å². The van der Waals surface area contributed by atoms with Crippen LogP contribution in [0, 0.1) is 24.0 Å². The fourth-order valence-corrected chi connectivity index (χ4v) is 4.15. The maximum Gasteiger partial charge on any atom is 0.275 e. The number of aryl methyl sites for hydroxylation is 2. The molecule has 9 heteroatoms. The Morgan fingerprint density at radius 3 is 2.31 bits per heavy atom. The number of nitro groups is 1. The van der Waals surface area contributed by atoms with Crippen LogP contribution in [0.5, 0.6) is 11.5 Å². The molecule has 0 radical (unpaired) electrons. The van der Waals surface area contributed by atoms with E-state index >= 15 is 0 Å². The zero-order chi connectivity index (χ0) is 21.2. The molecule has 0 aliphatic rings. The first-order valence-corrected chi connectivity index (χ1v) is 10.3. The molecule has 1 N–H and O–H groups in total. The van der Waals surface area contributed by atoms with E-state index < -0.39 is 14.9 Å². The van der Waals surface area contributed by atoms with Gasteiger partial charge in [0, 0.05) is 17.2 Å². The smallest absolute Gasteiger partial charge is 0.275 e. The second kappa shape index (κ2) is 8.10. The van der Waals surface area contributed by atoms with Crippen LogP contribution in [-0.4, -0.2) is 13.3 Å². The van der Waals surface area contributed by atoms with E-state index in [-0.39, 0.29) is 22.0 Å². The van der Waals surface area contributed by atoms with Crippen LogP contribution in [0.3, 0.4) is 0 Å². The molecule has 0 heterocycles. The molecule has 3 aromatic carbocycles. The molecule has 29 heavy (non-hydrogen) atoms. The van der Waals surface area contributed by atoms with Gasteiger partial charge in [0.25, 0.3) is 15.7 Å². The van der Waals surface area contributed by atoms with Crippen LogP contribution in [0.15, 0.2) is 65.6 Å². The molecule has 0 aromatic heterocycles. The fourth-order valence-electron chi connectivity index (χ4n) is 2.65. The first-order valence-electron chi connectivity index (χ1n) is 8.47. The predicted octanol–water partition coefficient (Wildman–Crippen LogP) is 5.46. The zero-order valence-corrected chi connectivity index (χ0v) is 17.1. The highest BCUT2D eigenvalue weighted by atomic mass is 35.5. The normalized spacial score (nSPS) is 11.1. The minimum atomic E-state index is -3.95. The molecule has 0 unspecified atom stereocenters. The lowest BCUT2D eigenvalue weighted by atomic mass is 10.2. The van der Waals surface area contributed by atoms with E-state index in [4.69, 9.17) is 16.3 Å². The highest BCUT2D eigenvalue weighted by Crippen LogP contribution is 2.31. The second-order valence-corrected chi connectivity index (χ2v) is 8.49. The second-order valence-electron chi connectivity index (χ2n) is 6.40. The van der Waals surface area contributed by atoms with Crippen LogP contribution in [0.2, 0.25) is 5.02 Å². The summed E-state index contributed by atoms with van der Waals surface area (Å²) in [4.78, 5) is 10.8. The van der Waals surface area contributed by atoms with E-state index in [0.29, 0.717) is 16.3 Å². The summed E-state index contributed by atoms with van der Waals surface area (Å²) in [6, 6.07) is 15.2. The number of ether oxygens (including phenoxy) is 1. The third-order valence-electron chi connectivity index (χ3n) is 4.04. The van der Waals surface area contributed by atoms with Crippen LogP contribution >= 0.6 is 11.6 Å². The summed E-state index contributed by atoms with van der Waals surface area (Å²) in [5.41, 5.74) is 1.05. The summed E-state index contributed by atoms with van der Waals surface area (Å²) in [7, 11) is -3.95. The van der Waals surface area contributed by atoms with Crippen molar-refractivity contribution in [3.8, 4) is 11.5 Å². The molecule has 7 nitrogen and oxygen atoms in total. The molecule has 150 valence electrons. The summed E-state index contributed by atoms with van der Waals surface area (Å²) in [6.45, 7) is 3.46. The van der Waals surface area contributed by atoms with Crippen molar-refractivity contribution in [2.45, 2.75) is 18.7 Å². The Hall–Kier alpha value is -3.10. The zero-order valence-electron chi connectivity index (χ0n) is 15.5. The molecule has 0 aliphatic carbocycles. The molecular formula is C20H17ClN2O5S. The molecule has 0 aliphatic heterocycles. The Morgan fingerprint density at radius 1 is 0.966 bits per heavy atom. The molecule has 0 saturated carbocycles. The van der Waals surface area contributed by atoms with E-state index in [2.05, 4.69) is 4.72 Å². The van der Waals surface area contributed by atoms with Crippen molar-refractivity contribution in [1.29, 1.82) is 0 Å². The van der Waals surface area contributed by atoms with Gasteiger partial charge in [-0.1, -0.05) is 23.7 Å². The number of non-ortho nitro benzene ring substituents is 1. The van der Waals surface area contributed by atoms with E-state index in [0.717, 1.165) is 11.6 Å². The standard InChI is InChI=1S/C20H17ClN2O5S/c1-13-3-4-14(2)20(9-13)29(26,27)22-16-10-17(23(24)25)12-19(11-16)28-18-7-5-15(21)6-8-18/h3-12,22H,1-2H3. The molecule has 3 rings (SSSR count). The van der Waals surface area contributed by atoms with Crippen LogP contribution < -0.4 is 9.46 Å². The lowest BCUT2D eigenvalue weighted by Gasteiger charge is -2.13. The molecule has 0 fully saturated rings. The van der Waals surface area contributed by atoms with Crippen molar-refractivity contribution in [2.24, 2.45) is 0 Å². The summed E-state index contributed by atoms with van der Waals surface area (Å²) in [6.07, 6.45) is 0. The summed E-state index contributed by atoms with van der Waals surface area (Å²) in [5, 5.41) is 11.8. The van der Waals surface area contributed by atoms with Gasteiger partial charge in [-0.2, -0.15) is 0 Å². The average Bonchev–Trinajstić information content (AvgIpc) is 2.65. The predicted molar refractivity (Wildman–Crippen MR) is 111 cm³/mol. The van der Waals surface area contributed by atoms with Gasteiger partial charge in [0.2, 0.25) is 0 Å². The van der Waals surface area contributed by atoms with Gasteiger partial charge < -0.3 is 4.74 Å². The third kappa shape index (κ3) is 5.04. The Bertz CT molecular complexity index is 1180. The first-order chi connectivity index (χ1) is 13.6. The van der Waals surface area contributed by atoms with Gasteiger partial charge in [0.05, 0.1) is 21.6 Å². The number of sulfonamides is 1. The first kappa shape index (κ1) is 20.6. The number of nitro benzene ring substituents is 1. The topological polar surface area (TPSA) is 98.5 Å². The average molecular weight is 433 g/mol. The Kier molecular flexibility index (Phi) is 5.76. The Labute approximate surface area is 173 Å². The van der Waals surface area contributed by atoms with E-state index in [1.54, 1.807) is 56.3 Å². The quantitative estimate of drug-likeness (QED) is 0.412. The number of benzene rings is 3. The summed E-state index contributed by atoms with van der Waals surface area (Å²) < 4.78 is 33.7. The molecule has 3 aromatic rings. The number of nitrogens with one attached hydrogen (secondary N) is 1. The molecule has 0 spiro atoms. The highest BCUT2D eigenvalue weighted by Gasteiger charge is 2.20. The SMILES string of the molecule is Cc1ccc(C)c(S(=O)(=O)Nc2cc(Oc3ccc(Cl)cc3)cc([N+](=O)[O-])c2)c1. The number of hydrogen-bond acceptors (Lipinski definition) is 5. The maximum atomic E-state index is 12.8. The molecule has 0 bridgehead atoms. The monoisotopic (exact) mass is 432 g/mol. The van der Waals surface area contributed by atoms with Gasteiger partial charge >= 0.3 is 0 Å². The van der Waals surface area contributed by atoms with Crippen LogP contribution in [-0.2, 0) is 10.0 Å². The van der Waals surface area contributed by atoms with Crippen molar-refractivity contribution in [3.05, 3.63) is 86.9 Å². The number of anilines is 1. The molecular weight excluding hydrogens is 416 g/mol. The minimum Gasteiger partial charge on any atom is -0.457 e. The van der Waals surface area contributed by atoms with Crippen molar-refractivity contribution in [1.82, 2.24) is 0 Å². The van der Waals surface area contributed by atoms with Crippen molar-refractivity contribution < 1.29 is 18.1 Å². The van der Waals surface area contributed by atoms with Crippen LogP contribution in [0.1, 0.15) is 11.1 Å². The van der Waals surface area contributed by atoms with Gasteiger partial charge in [-0.15, -0.1) is 0 Å². The van der Waals surface area contributed by atoms with Crippen LogP contribution in [0.25, 0.3) is 0 Å². The Balaban J connectivity index is 1.98. The fraction of sp³-hybridized carbons (Fsp3) is 0.100. The number of rotatable bonds is 6. The number of nitrogens with zero attached hydrogens (tertiary/aromatic N) is 1. The van der Waals surface area contributed by atoms with Crippen molar-refractivity contribution >= 4 is 33.0 Å². The lowest BCUT2D eigenvalue weighted by molar-refractivity contribution is -0.384.